The second-order valence-electron chi connectivity index (χ2n) is 3.14. The number of nitrogens with zero attached hydrogens (tertiary/aromatic N) is 4. The Bertz CT molecular complexity index is 223. The molecule has 13 fully saturated rings. The van der Waals surface area contributed by atoms with Crippen molar-refractivity contribution in [2.24, 2.45) is 0 Å². The van der Waals surface area contributed by atoms with Gasteiger partial charge in [0.05, 0.1) is 0 Å². The van der Waals surface area contributed by atoms with Crippen LogP contribution in [0.3, 0.4) is 0 Å². The van der Waals surface area contributed by atoms with Crippen LogP contribution in [0.15, 0.2) is 0 Å². The molecule has 4 nitrogen and oxygen atoms in total. The van der Waals surface area contributed by atoms with Crippen molar-refractivity contribution in [2.75, 3.05) is 0 Å². The van der Waals surface area contributed by atoms with Gasteiger partial charge in [-0.15, -0.1) is 0 Å². The van der Waals surface area contributed by atoms with Gasteiger partial charge in [0.25, 0.3) is 0 Å². The predicted molar refractivity (Wildman–Crippen MR) is 33.6 cm³/mol. The average molecular weight is 180 g/mol. The predicted octanol–water partition coefficient (Wildman–Crippen LogP) is -2.72. The van der Waals surface area contributed by atoms with E-state index >= 15 is 0 Å². The van der Waals surface area contributed by atoms with Crippen molar-refractivity contribution in [2.45, 2.75) is 0 Å². The third-order valence-corrected chi connectivity index (χ3v) is 32.4. The maximum atomic E-state index is 5.56. The molecule has 0 atom stereocenters. The molecule has 3 spiro atoms. The molecule has 9 heavy (non-hydrogen) atoms. The van der Waals surface area contributed by atoms with E-state index in [1.807, 2.05) is 0 Å². The molecule has 0 aliphatic carbocycles. The number of rotatable bonds is 0. The first-order chi connectivity index (χ1) is 4.46. The molecule has 0 amide bonds. The Morgan fingerprint density at radius 2 is 0.889 bits per heavy atom. The fraction of sp³-hybridized carbons (Fsp3) is 0. The summed E-state index contributed by atoms with van der Waals surface area (Å²) < 4.78 is 11.9. The van der Waals surface area contributed by atoms with Crippen LogP contribution >= 0.6 is 0 Å². The first-order valence-corrected chi connectivity index (χ1v) is 8.80. The Morgan fingerprint density at radius 3 is 0.889 bits per heavy atom. The van der Waals surface area contributed by atoms with Crippen molar-refractivity contribution in [1.29, 1.82) is 0 Å². The Morgan fingerprint density at radius 1 is 0.778 bits per heavy atom. The summed E-state index contributed by atoms with van der Waals surface area (Å²) in [5.74, 6) is 0. The van der Waals surface area contributed by atoms with E-state index in [-0.39, 0.29) is 0 Å². The second kappa shape index (κ2) is 0.512. The Labute approximate surface area is 57.9 Å². The molecule has 8 heteroatoms. The van der Waals surface area contributed by atoms with Crippen LogP contribution in [0.2, 0.25) is 0 Å². The van der Waals surface area contributed by atoms with Gasteiger partial charge in [-0.25, -0.2) is 0 Å². The van der Waals surface area contributed by atoms with Gasteiger partial charge < -0.3 is 0 Å². The van der Waals surface area contributed by atoms with Gasteiger partial charge in [-0.3, -0.25) is 15.6 Å². The summed E-state index contributed by atoms with van der Waals surface area (Å²) in [4.78, 5) is 0. The van der Waals surface area contributed by atoms with Gasteiger partial charge in [-0.1, -0.05) is 0 Å². The standard InChI is InChI=1S/CSi.N4Si3/c1-2;1-5-2-6(1)3(5)7(1,2)4(5)6. The monoisotopic (exact) mass is 180 g/mol. The zero-order valence-electron chi connectivity index (χ0n) is 4.29. The van der Waals surface area contributed by atoms with Gasteiger partial charge in [0.15, 0.2) is 0 Å². The van der Waals surface area contributed by atoms with E-state index in [1.165, 1.54) is 0 Å². The van der Waals surface area contributed by atoms with E-state index in [9.17, 15) is 0 Å². The van der Waals surface area contributed by atoms with Crippen molar-refractivity contribution in [1.82, 2.24) is 15.6 Å². The normalized spacial score (nSPS) is 113. The molecule has 13 heterocycles. The van der Waals surface area contributed by atoms with Crippen molar-refractivity contribution in [3.05, 3.63) is 6.00 Å². The van der Waals surface area contributed by atoms with E-state index in [4.69, 9.17) is 6.00 Å². The summed E-state index contributed by atoms with van der Waals surface area (Å²) >= 11 is 0. The third-order valence-electron chi connectivity index (χ3n) is 3.60. The van der Waals surface area contributed by atoms with Crippen molar-refractivity contribution < 1.29 is 0 Å². The van der Waals surface area contributed by atoms with Crippen LogP contribution < -0.4 is 0 Å². The topological polar surface area (TPSA) is 13.0 Å². The maximum absolute atomic E-state index is 5.56. The Hall–Kier alpha value is 0.488. The Balaban J connectivity index is 0.000000133. The van der Waals surface area contributed by atoms with E-state index in [2.05, 4.69) is 25.3 Å². The summed E-state index contributed by atoms with van der Waals surface area (Å²) in [6, 6.07) is 5.56. The SMILES string of the molecule is N12[Si]34N5[Si]16N3[Si]25N46.[C-]#[Si+]. The molecular formula is CN4Si4. The van der Waals surface area contributed by atoms with Crippen molar-refractivity contribution >= 4 is 35.8 Å². The first-order valence-electron chi connectivity index (χ1n) is 2.93. The minimum atomic E-state index is -0.611. The number of hydrogen-bond donors (Lipinski definition) is 0. The second-order valence-corrected chi connectivity index (χ2v) is 17.5. The molecule has 13 saturated heterocycles. The molecule has 13 aliphatic heterocycles. The average Bonchev–Trinajstić information content (AvgIpc) is 1.20. The van der Waals surface area contributed by atoms with Crippen LogP contribution in [-0.2, 0) is 0 Å². The van der Waals surface area contributed by atoms with Crippen molar-refractivity contribution in [3.8, 4) is 0 Å². The van der Waals surface area contributed by atoms with Crippen LogP contribution in [0.5, 0.6) is 0 Å². The van der Waals surface area contributed by atoms with Gasteiger partial charge in [-0.2, -0.15) is 0 Å². The molecule has 0 aromatic rings. The van der Waals surface area contributed by atoms with Crippen LogP contribution in [0.25, 0.3) is 0 Å². The van der Waals surface area contributed by atoms with Gasteiger partial charge >= 0.3 is 41.8 Å². The molecule has 0 N–H and O–H groups in total. The van der Waals surface area contributed by atoms with E-state index in [1.54, 1.807) is 0 Å². The van der Waals surface area contributed by atoms with Crippen LogP contribution in [0.1, 0.15) is 0 Å². The molecule has 40 valence electrons. The minimum absolute atomic E-state index is 0.611. The van der Waals surface area contributed by atoms with E-state index in [0.717, 1.165) is 0 Å². The fourth-order valence-electron chi connectivity index (χ4n) is 3.41. The molecular weight excluding hydrogens is 180 g/mol. The zero-order valence-corrected chi connectivity index (χ0v) is 8.29. The summed E-state index contributed by atoms with van der Waals surface area (Å²) in [6.45, 7) is 0. The van der Waals surface area contributed by atoms with E-state index < -0.39 is 26.2 Å². The fourth-order valence-corrected chi connectivity index (χ4v) is 46.9. The molecule has 13 rings (SSSR count). The zero-order chi connectivity index (χ0) is 5.81. The summed E-state index contributed by atoms with van der Waals surface area (Å²) in [7, 11) is 0.389. The first kappa shape index (κ1) is 3.76. The summed E-state index contributed by atoms with van der Waals surface area (Å²) in [5.41, 5.74) is 0. The number of hydrogen-bond acceptors (Lipinski definition) is 4. The molecule has 7 bridgehead atoms. The van der Waals surface area contributed by atoms with Gasteiger partial charge in [-0.05, 0) is 0 Å². The quantitative estimate of drug-likeness (QED) is 0.297. The van der Waals surface area contributed by atoms with Crippen LogP contribution in [0.4, 0.5) is 0 Å². The molecule has 0 radical (unpaired) electrons. The molecule has 0 saturated carbocycles. The summed E-state index contributed by atoms with van der Waals surface area (Å²) in [6.07, 6.45) is 0. The van der Waals surface area contributed by atoms with Gasteiger partial charge in [0.1, 0.15) is 0 Å². The molecule has 0 aromatic carbocycles. The molecule has 0 aromatic heterocycles. The van der Waals surface area contributed by atoms with Gasteiger partial charge in [0.2, 0.25) is 0 Å². The van der Waals surface area contributed by atoms with Gasteiger partial charge in [0, 0.05) is 0 Å². The van der Waals surface area contributed by atoms with Crippen molar-refractivity contribution in [3.63, 3.8) is 0 Å². The summed E-state index contributed by atoms with van der Waals surface area (Å²) in [5, 5.41) is 0. The van der Waals surface area contributed by atoms with E-state index in [0.29, 0.717) is 0 Å². The third kappa shape index (κ3) is 0.0680. The molecule has 0 unspecified atom stereocenters. The van der Waals surface area contributed by atoms with Crippen LogP contribution in [0, 0.1) is 6.00 Å². The Kier molecular flexibility index (Phi) is 0.214. The van der Waals surface area contributed by atoms with Crippen LogP contribution in [-0.4, -0.2) is 51.4 Å². The molecule has 13 aliphatic rings.